The average Bonchev–Trinajstić information content (AvgIpc) is 2.95. The minimum absolute atomic E-state index is 0.354. The van der Waals surface area contributed by atoms with Crippen molar-refractivity contribution in [2.75, 3.05) is 0 Å². The summed E-state index contributed by atoms with van der Waals surface area (Å²) in [6, 6.07) is 0. The molecule has 4 fully saturated rings. The van der Waals surface area contributed by atoms with Crippen LogP contribution in [0, 0.1) is 11.8 Å². The lowest BCUT2D eigenvalue weighted by atomic mass is 9.89. The van der Waals surface area contributed by atoms with E-state index in [4.69, 9.17) is 4.74 Å². The fourth-order valence-electron chi connectivity index (χ4n) is 5.77. The van der Waals surface area contributed by atoms with Crippen LogP contribution in [0.2, 0.25) is 0 Å². The van der Waals surface area contributed by atoms with Crippen LogP contribution in [-0.2, 0) is 4.74 Å². The number of fused-ring (bicyclic) bond motifs is 2. The topological polar surface area (TPSA) is 9.23 Å². The molecule has 0 atom stereocenters. The van der Waals surface area contributed by atoms with Crippen LogP contribution >= 0.6 is 0 Å². The Hall–Kier alpha value is -0.0400. The number of ether oxygens (including phenoxy) is 1. The van der Waals surface area contributed by atoms with E-state index in [0.29, 0.717) is 11.2 Å². The van der Waals surface area contributed by atoms with Gasteiger partial charge in [-0.25, -0.2) is 0 Å². The van der Waals surface area contributed by atoms with Gasteiger partial charge < -0.3 is 4.74 Å². The van der Waals surface area contributed by atoms with Crippen molar-refractivity contribution >= 4 is 0 Å². The molecular formula is C16H26O. The Bertz CT molecular complexity index is 259. The minimum atomic E-state index is 0.354. The van der Waals surface area contributed by atoms with E-state index in [1.807, 2.05) is 0 Å². The molecule has 1 heteroatoms. The van der Waals surface area contributed by atoms with Crippen molar-refractivity contribution in [1.82, 2.24) is 0 Å². The van der Waals surface area contributed by atoms with E-state index >= 15 is 0 Å². The molecule has 1 nitrogen and oxygen atoms in total. The van der Waals surface area contributed by atoms with Crippen molar-refractivity contribution in [1.29, 1.82) is 0 Å². The van der Waals surface area contributed by atoms with E-state index in [2.05, 4.69) is 0 Å². The van der Waals surface area contributed by atoms with Gasteiger partial charge in [0.05, 0.1) is 11.2 Å². The highest BCUT2D eigenvalue weighted by Crippen LogP contribution is 2.58. The van der Waals surface area contributed by atoms with Crippen LogP contribution in [0.4, 0.5) is 0 Å². The van der Waals surface area contributed by atoms with Crippen molar-refractivity contribution < 1.29 is 4.74 Å². The monoisotopic (exact) mass is 234 g/mol. The molecule has 4 saturated carbocycles. The molecule has 0 saturated heterocycles. The van der Waals surface area contributed by atoms with E-state index in [1.165, 1.54) is 77.0 Å². The van der Waals surface area contributed by atoms with Crippen LogP contribution in [0.5, 0.6) is 0 Å². The molecule has 96 valence electrons. The van der Waals surface area contributed by atoms with E-state index in [0.717, 1.165) is 11.8 Å². The zero-order valence-corrected chi connectivity index (χ0v) is 11.0. The van der Waals surface area contributed by atoms with Crippen molar-refractivity contribution in [3.05, 3.63) is 0 Å². The van der Waals surface area contributed by atoms with Crippen LogP contribution in [0.25, 0.3) is 0 Å². The molecule has 0 N–H and O–H groups in total. The van der Waals surface area contributed by atoms with Gasteiger partial charge in [0, 0.05) is 0 Å². The molecule has 0 aromatic heterocycles. The zero-order valence-electron chi connectivity index (χ0n) is 11.0. The third kappa shape index (κ3) is 1.47. The largest absolute Gasteiger partial charge is 0.368 e. The second-order valence-electron chi connectivity index (χ2n) is 7.19. The highest BCUT2D eigenvalue weighted by molar-refractivity contribution is 5.05. The van der Waals surface area contributed by atoms with E-state index in [1.54, 1.807) is 0 Å². The Morgan fingerprint density at radius 3 is 1.29 bits per heavy atom. The van der Waals surface area contributed by atoms with E-state index in [9.17, 15) is 0 Å². The zero-order chi connectivity index (χ0) is 11.3. The van der Waals surface area contributed by atoms with Gasteiger partial charge in [-0.3, -0.25) is 0 Å². The molecule has 0 heterocycles. The quantitative estimate of drug-likeness (QED) is 0.686. The molecule has 0 radical (unpaired) electrons. The lowest BCUT2D eigenvalue weighted by molar-refractivity contribution is -0.173. The van der Waals surface area contributed by atoms with Crippen molar-refractivity contribution in [2.45, 2.75) is 88.3 Å². The predicted octanol–water partition coefficient (Wildman–Crippen LogP) is 4.45. The lowest BCUT2D eigenvalue weighted by Crippen LogP contribution is -2.44. The van der Waals surface area contributed by atoms with Gasteiger partial charge in [0.2, 0.25) is 0 Å². The summed E-state index contributed by atoms with van der Waals surface area (Å²) in [5, 5.41) is 0. The third-order valence-corrected chi connectivity index (χ3v) is 6.50. The van der Waals surface area contributed by atoms with Gasteiger partial charge in [0.1, 0.15) is 0 Å². The lowest BCUT2D eigenvalue weighted by Gasteiger charge is -2.41. The standard InChI is InChI=1S/C16H26O/c1-5-13-6-2-10-15(13,9-1)17-16-11-3-7-14(16)8-4-12-16/h13-14H,1-12H2. The van der Waals surface area contributed by atoms with E-state index < -0.39 is 0 Å². The minimum Gasteiger partial charge on any atom is -0.368 e. The van der Waals surface area contributed by atoms with Crippen LogP contribution in [-0.4, -0.2) is 11.2 Å². The van der Waals surface area contributed by atoms with Gasteiger partial charge in [-0.2, -0.15) is 0 Å². The van der Waals surface area contributed by atoms with Crippen LogP contribution in [0.15, 0.2) is 0 Å². The van der Waals surface area contributed by atoms with Gasteiger partial charge >= 0.3 is 0 Å². The van der Waals surface area contributed by atoms with Crippen LogP contribution < -0.4 is 0 Å². The highest BCUT2D eigenvalue weighted by Gasteiger charge is 2.55. The Kier molecular flexibility index (Phi) is 2.38. The molecule has 0 aromatic rings. The van der Waals surface area contributed by atoms with Gasteiger partial charge in [-0.1, -0.05) is 25.7 Å². The van der Waals surface area contributed by atoms with Crippen molar-refractivity contribution in [2.24, 2.45) is 11.8 Å². The molecular weight excluding hydrogens is 208 g/mol. The van der Waals surface area contributed by atoms with Crippen molar-refractivity contribution in [3.63, 3.8) is 0 Å². The Labute approximate surface area is 105 Å². The SMILES string of the molecule is C1CC2CCCC2(OC23CCCC2CCC3)C1. The molecule has 4 aliphatic rings. The molecule has 17 heavy (non-hydrogen) atoms. The smallest absolute Gasteiger partial charge is 0.0718 e. The maximum Gasteiger partial charge on any atom is 0.0718 e. The van der Waals surface area contributed by atoms with Crippen LogP contribution in [0.1, 0.15) is 77.0 Å². The maximum atomic E-state index is 7.00. The number of rotatable bonds is 2. The average molecular weight is 234 g/mol. The van der Waals surface area contributed by atoms with Gasteiger partial charge in [-0.15, -0.1) is 0 Å². The fraction of sp³-hybridized carbons (Fsp3) is 1.00. The Morgan fingerprint density at radius 2 is 0.941 bits per heavy atom. The summed E-state index contributed by atoms with van der Waals surface area (Å²) in [6.45, 7) is 0. The van der Waals surface area contributed by atoms with Gasteiger partial charge in [0.15, 0.2) is 0 Å². The molecule has 0 unspecified atom stereocenters. The van der Waals surface area contributed by atoms with Crippen molar-refractivity contribution in [3.8, 4) is 0 Å². The Morgan fingerprint density at radius 1 is 0.588 bits per heavy atom. The predicted molar refractivity (Wildman–Crippen MR) is 68.9 cm³/mol. The first-order valence-corrected chi connectivity index (χ1v) is 8.03. The van der Waals surface area contributed by atoms with Gasteiger partial charge in [0.25, 0.3) is 0 Å². The first-order chi connectivity index (χ1) is 8.33. The summed E-state index contributed by atoms with van der Waals surface area (Å²) in [5.41, 5.74) is 0.708. The summed E-state index contributed by atoms with van der Waals surface area (Å²) in [7, 11) is 0. The molecule has 0 bridgehead atoms. The molecule has 0 spiro atoms. The Balaban J connectivity index is 1.60. The summed E-state index contributed by atoms with van der Waals surface area (Å²) in [6.07, 6.45) is 17.1. The molecule has 4 aliphatic carbocycles. The molecule has 0 amide bonds. The maximum absolute atomic E-state index is 7.00. The normalized spacial score (nSPS) is 52.9. The molecule has 0 aliphatic heterocycles. The second kappa shape index (κ2) is 3.73. The summed E-state index contributed by atoms with van der Waals surface area (Å²) in [4.78, 5) is 0. The first kappa shape index (κ1) is 10.8. The summed E-state index contributed by atoms with van der Waals surface area (Å²) >= 11 is 0. The molecule has 4 rings (SSSR count). The molecule has 0 aromatic carbocycles. The van der Waals surface area contributed by atoms with Gasteiger partial charge in [-0.05, 0) is 63.2 Å². The van der Waals surface area contributed by atoms with Crippen LogP contribution in [0.3, 0.4) is 0 Å². The second-order valence-corrected chi connectivity index (χ2v) is 7.19. The highest BCUT2D eigenvalue weighted by atomic mass is 16.5. The number of hydrogen-bond acceptors (Lipinski definition) is 1. The summed E-state index contributed by atoms with van der Waals surface area (Å²) < 4.78 is 7.00. The number of hydrogen-bond donors (Lipinski definition) is 0. The fourth-order valence-corrected chi connectivity index (χ4v) is 5.77. The third-order valence-electron chi connectivity index (χ3n) is 6.50. The first-order valence-electron chi connectivity index (χ1n) is 8.03. The van der Waals surface area contributed by atoms with E-state index in [-0.39, 0.29) is 0 Å². The summed E-state index contributed by atoms with van der Waals surface area (Å²) in [5.74, 6) is 1.86.